The van der Waals surface area contributed by atoms with E-state index in [0.717, 1.165) is 5.69 Å². The van der Waals surface area contributed by atoms with Gasteiger partial charge in [-0.2, -0.15) is 0 Å². The van der Waals surface area contributed by atoms with Crippen LogP contribution in [0.2, 0.25) is 0 Å². The van der Waals surface area contributed by atoms with E-state index in [0.29, 0.717) is 18.8 Å². The van der Waals surface area contributed by atoms with Crippen LogP contribution in [0.3, 0.4) is 0 Å². The molecule has 1 fully saturated rings. The zero-order valence-corrected chi connectivity index (χ0v) is 9.15. The molecule has 2 rings (SSSR count). The lowest BCUT2D eigenvalue weighted by atomic mass is 10.2. The van der Waals surface area contributed by atoms with Crippen LogP contribution in [0.25, 0.3) is 0 Å². The van der Waals surface area contributed by atoms with Crippen LogP contribution in [0.5, 0.6) is 0 Å². The normalized spacial score (nSPS) is 26.7. The molecule has 0 radical (unpaired) electrons. The van der Waals surface area contributed by atoms with Crippen molar-refractivity contribution in [2.75, 3.05) is 11.9 Å². The molecule has 1 aromatic rings. The Balaban J connectivity index is 1.94. The zero-order valence-electron chi connectivity index (χ0n) is 9.15. The maximum Gasteiger partial charge on any atom is 0.141 e. The van der Waals surface area contributed by atoms with Crippen molar-refractivity contribution >= 4 is 5.82 Å². The van der Waals surface area contributed by atoms with Gasteiger partial charge in [-0.3, -0.25) is 0 Å². The van der Waals surface area contributed by atoms with Crippen molar-refractivity contribution in [3.05, 3.63) is 23.9 Å². The first kappa shape index (κ1) is 11.3. The SMILES string of the molecule is Cc1cccc(NC(O)[C@H]2C[C@@H](F)CN2)n1. The largest absolute Gasteiger partial charge is 0.372 e. The highest BCUT2D eigenvalue weighted by Crippen LogP contribution is 2.15. The van der Waals surface area contributed by atoms with E-state index >= 15 is 0 Å². The van der Waals surface area contributed by atoms with Gasteiger partial charge < -0.3 is 15.7 Å². The molecule has 1 aliphatic rings. The Kier molecular flexibility index (Phi) is 3.36. The van der Waals surface area contributed by atoms with Gasteiger partial charge in [-0.05, 0) is 25.5 Å². The van der Waals surface area contributed by atoms with E-state index in [4.69, 9.17) is 0 Å². The van der Waals surface area contributed by atoms with Crippen LogP contribution in [0.15, 0.2) is 18.2 Å². The smallest absolute Gasteiger partial charge is 0.141 e. The highest BCUT2D eigenvalue weighted by atomic mass is 19.1. The van der Waals surface area contributed by atoms with Crippen LogP contribution < -0.4 is 10.6 Å². The van der Waals surface area contributed by atoms with Crippen LogP contribution in [0.4, 0.5) is 10.2 Å². The molecule has 0 aromatic carbocycles. The molecule has 0 aliphatic carbocycles. The summed E-state index contributed by atoms with van der Waals surface area (Å²) in [5.74, 6) is 0.608. The van der Waals surface area contributed by atoms with E-state index in [1.165, 1.54) is 0 Å². The average Bonchev–Trinajstić information content (AvgIpc) is 2.65. The highest BCUT2D eigenvalue weighted by molar-refractivity contribution is 5.36. The number of aromatic nitrogens is 1. The first-order valence-corrected chi connectivity index (χ1v) is 5.41. The Labute approximate surface area is 93.9 Å². The van der Waals surface area contributed by atoms with Gasteiger partial charge >= 0.3 is 0 Å². The average molecular weight is 225 g/mol. The van der Waals surface area contributed by atoms with Gasteiger partial charge in [0.2, 0.25) is 0 Å². The quantitative estimate of drug-likeness (QED) is 0.667. The number of aliphatic hydroxyl groups is 1. The third kappa shape index (κ3) is 2.68. The summed E-state index contributed by atoms with van der Waals surface area (Å²) in [7, 11) is 0. The van der Waals surface area contributed by atoms with Crippen molar-refractivity contribution in [3.8, 4) is 0 Å². The Bertz CT molecular complexity index is 361. The van der Waals surface area contributed by atoms with Crippen molar-refractivity contribution in [3.63, 3.8) is 0 Å². The van der Waals surface area contributed by atoms with Gasteiger partial charge in [0.25, 0.3) is 0 Å². The fraction of sp³-hybridized carbons (Fsp3) is 0.545. The van der Waals surface area contributed by atoms with E-state index < -0.39 is 12.4 Å². The first-order valence-electron chi connectivity index (χ1n) is 5.41. The molecule has 5 heteroatoms. The summed E-state index contributed by atoms with van der Waals surface area (Å²) in [6.45, 7) is 2.19. The van der Waals surface area contributed by atoms with Gasteiger partial charge in [0, 0.05) is 12.2 Å². The second-order valence-electron chi connectivity index (χ2n) is 4.10. The van der Waals surface area contributed by atoms with Gasteiger partial charge in [-0.25, -0.2) is 9.37 Å². The monoisotopic (exact) mass is 225 g/mol. The molecule has 3 N–H and O–H groups in total. The van der Waals surface area contributed by atoms with Gasteiger partial charge in [0.05, 0.1) is 6.04 Å². The number of nitrogens with one attached hydrogen (secondary N) is 2. The molecule has 2 heterocycles. The van der Waals surface area contributed by atoms with Gasteiger partial charge in [0.1, 0.15) is 18.2 Å². The molecule has 88 valence electrons. The molecular weight excluding hydrogens is 209 g/mol. The van der Waals surface area contributed by atoms with Crippen molar-refractivity contribution in [2.45, 2.75) is 31.8 Å². The number of nitrogens with zero attached hydrogens (tertiary/aromatic N) is 1. The minimum Gasteiger partial charge on any atom is -0.372 e. The molecule has 0 amide bonds. The first-order chi connectivity index (χ1) is 7.65. The van der Waals surface area contributed by atoms with Crippen molar-refractivity contribution < 1.29 is 9.50 Å². The van der Waals surface area contributed by atoms with E-state index in [-0.39, 0.29) is 6.04 Å². The highest BCUT2D eigenvalue weighted by Gasteiger charge is 2.29. The maximum absolute atomic E-state index is 12.9. The summed E-state index contributed by atoms with van der Waals surface area (Å²) >= 11 is 0. The van der Waals surface area contributed by atoms with Gasteiger partial charge in [-0.15, -0.1) is 0 Å². The molecule has 16 heavy (non-hydrogen) atoms. The Morgan fingerprint density at radius 1 is 1.62 bits per heavy atom. The van der Waals surface area contributed by atoms with Crippen LogP contribution in [0.1, 0.15) is 12.1 Å². The topological polar surface area (TPSA) is 57.2 Å². The summed E-state index contributed by atoms with van der Waals surface area (Å²) in [4.78, 5) is 4.21. The second-order valence-corrected chi connectivity index (χ2v) is 4.10. The molecule has 0 saturated carbocycles. The molecule has 1 unspecified atom stereocenters. The summed E-state index contributed by atoms with van der Waals surface area (Å²) in [6, 6.07) is 5.26. The van der Waals surface area contributed by atoms with Crippen LogP contribution in [0, 0.1) is 6.92 Å². The second kappa shape index (κ2) is 4.76. The number of aryl methyl sites for hydroxylation is 1. The summed E-state index contributed by atoms with van der Waals surface area (Å²) in [5, 5.41) is 15.6. The van der Waals surface area contributed by atoms with Crippen molar-refractivity contribution in [1.82, 2.24) is 10.3 Å². The summed E-state index contributed by atoms with van der Waals surface area (Å²) in [6.07, 6.45) is -1.35. The number of rotatable bonds is 3. The van der Waals surface area contributed by atoms with Crippen LogP contribution >= 0.6 is 0 Å². The lowest BCUT2D eigenvalue weighted by Gasteiger charge is -2.19. The lowest BCUT2D eigenvalue weighted by molar-refractivity contribution is 0.158. The minimum atomic E-state index is -0.869. The minimum absolute atomic E-state index is 0.252. The van der Waals surface area contributed by atoms with E-state index in [2.05, 4.69) is 15.6 Å². The fourth-order valence-corrected chi connectivity index (χ4v) is 1.84. The standard InChI is InChI=1S/C11H16FN3O/c1-7-3-2-4-10(14-7)15-11(16)9-5-8(12)6-13-9/h2-4,8-9,11,13,16H,5-6H2,1H3,(H,14,15)/t8-,9-,11?/m1/s1. The van der Waals surface area contributed by atoms with E-state index in [1.807, 2.05) is 19.1 Å². The number of anilines is 1. The van der Waals surface area contributed by atoms with E-state index in [1.54, 1.807) is 6.07 Å². The number of hydrogen-bond acceptors (Lipinski definition) is 4. The summed E-state index contributed by atoms with van der Waals surface area (Å²) < 4.78 is 12.9. The van der Waals surface area contributed by atoms with Crippen LogP contribution in [-0.2, 0) is 0 Å². The Morgan fingerprint density at radius 3 is 3.06 bits per heavy atom. The molecule has 0 spiro atoms. The number of pyridine rings is 1. The number of aliphatic hydroxyl groups excluding tert-OH is 1. The maximum atomic E-state index is 12.9. The Hall–Kier alpha value is -1.20. The molecule has 1 saturated heterocycles. The zero-order chi connectivity index (χ0) is 11.5. The van der Waals surface area contributed by atoms with Crippen LogP contribution in [-0.4, -0.2) is 35.1 Å². The number of halogens is 1. The summed E-state index contributed by atoms with van der Waals surface area (Å²) in [5.41, 5.74) is 0.875. The predicted molar refractivity (Wildman–Crippen MR) is 59.9 cm³/mol. The third-order valence-electron chi connectivity index (χ3n) is 2.68. The molecule has 4 nitrogen and oxygen atoms in total. The lowest BCUT2D eigenvalue weighted by Crippen LogP contribution is -2.40. The Morgan fingerprint density at radius 2 is 2.44 bits per heavy atom. The molecule has 3 atom stereocenters. The predicted octanol–water partition coefficient (Wildman–Crippen LogP) is 0.820. The third-order valence-corrected chi connectivity index (χ3v) is 2.68. The fourth-order valence-electron chi connectivity index (χ4n) is 1.84. The van der Waals surface area contributed by atoms with Gasteiger partial charge in [0.15, 0.2) is 0 Å². The molecule has 1 aromatic heterocycles. The molecular formula is C11H16FN3O. The number of hydrogen-bond donors (Lipinski definition) is 3. The van der Waals surface area contributed by atoms with Crippen molar-refractivity contribution in [2.24, 2.45) is 0 Å². The van der Waals surface area contributed by atoms with Gasteiger partial charge in [-0.1, -0.05) is 6.07 Å². The molecule has 0 bridgehead atoms. The van der Waals surface area contributed by atoms with Crippen molar-refractivity contribution in [1.29, 1.82) is 0 Å². The number of alkyl halides is 1. The molecule has 1 aliphatic heterocycles. The van der Waals surface area contributed by atoms with E-state index in [9.17, 15) is 9.50 Å².